The van der Waals surface area contributed by atoms with Crippen molar-refractivity contribution >= 4 is 54.9 Å². The van der Waals surface area contributed by atoms with Crippen molar-refractivity contribution in [2.75, 3.05) is 0 Å². The van der Waals surface area contributed by atoms with Crippen molar-refractivity contribution in [1.82, 2.24) is 0 Å². The first kappa shape index (κ1) is 10.1. The number of carboxylic acids is 1. The van der Waals surface area contributed by atoms with Crippen molar-refractivity contribution in [3.05, 3.63) is 0 Å². The second kappa shape index (κ2) is 6.04. The van der Waals surface area contributed by atoms with Crippen LogP contribution in [0.1, 0.15) is 13.3 Å². The van der Waals surface area contributed by atoms with Gasteiger partial charge in [0.1, 0.15) is 0 Å². The van der Waals surface area contributed by atoms with Crippen LogP contribution in [0, 0.1) is 0 Å². The van der Waals surface area contributed by atoms with E-state index in [1.54, 1.807) is 6.92 Å². The molecule has 1 N–H and O–H groups in total. The molecule has 3 heteroatoms. The Morgan fingerprint density at radius 1 is 1.83 bits per heavy atom. The zero-order valence-corrected chi connectivity index (χ0v) is 3.06. The topological polar surface area (TPSA) is 37.3 Å². The van der Waals surface area contributed by atoms with Crippen molar-refractivity contribution in [2.45, 2.75) is 13.3 Å². The van der Waals surface area contributed by atoms with Crippen molar-refractivity contribution in [3.63, 3.8) is 0 Å². The van der Waals surface area contributed by atoms with Crippen molar-refractivity contribution in [1.29, 1.82) is 0 Å². The van der Waals surface area contributed by atoms with Gasteiger partial charge in [-0.25, -0.2) is 0 Å². The Labute approximate surface area is 77.0 Å². The summed E-state index contributed by atoms with van der Waals surface area (Å²) in [4.78, 5) is 9.37. The van der Waals surface area contributed by atoms with E-state index < -0.39 is 5.97 Å². The maximum absolute atomic E-state index is 9.37. The second-order valence-corrected chi connectivity index (χ2v) is 0.747. The Bertz CT molecular complexity index is 44.1. The zero-order chi connectivity index (χ0) is 4.28. The maximum atomic E-state index is 9.37. The first-order chi connectivity index (χ1) is 2.27. The van der Waals surface area contributed by atoms with Gasteiger partial charge < -0.3 is 5.11 Å². The van der Waals surface area contributed by atoms with Gasteiger partial charge in [-0.2, -0.15) is 0 Å². The van der Waals surface area contributed by atoms with Crippen molar-refractivity contribution in [2.24, 2.45) is 0 Å². The Hall–Kier alpha value is 1.04. The third-order valence-electron chi connectivity index (χ3n) is 0.302. The molecule has 2 nitrogen and oxygen atoms in total. The molecule has 0 aromatic heterocycles. The molecule has 0 aliphatic carbocycles. The summed E-state index contributed by atoms with van der Waals surface area (Å²) in [7, 11) is 0. The molecule has 0 spiro atoms. The molecule has 6 heavy (non-hydrogen) atoms. The Balaban J connectivity index is 0. The summed E-state index contributed by atoms with van der Waals surface area (Å²) in [6, 6.07) is 0. The SMILES string of the molecule is CCC(=O)O.[BaH2]. The molecule has 0 amide bonds. The van der Waals surface area contributed by atoms with E-state index in [0.29, 0.717) is 0 Å². The van der Waals surface area contributed by atoms with Crippen LogP contribution in [-0.4, -0.2) is 60.0 Å². The Morgan fingerprint density at radius 2 is 2.00 bits per heavy atom. The van der Waals surface area contributed by atoms with Crippen LogP contribution in [0.25, 0.3) is 0 Å². The number of hydrogen-bond donors (Lipinski definition) is 1. The van der Waals surface area contributed by atoms with Gasteiger partial charge in [-0.3, -0.25) is 4.79 Å². The van der Waals surface area contributed by atoms with E-state index in [2.05, 4.69) is 0 Å². The summed E-state index contributed by atoms with van der Waals surface area (Å²) >= 11 is 0. The average Bonchev–Trinajstić information content (AvgIpc) is 1.38. The van der Waals surface area contributed by atoms with Crippen LogP contribution < -0.4 is 0 Å². The first-order valence-corrected chi connectivity index (χ1v) is 1.49. The summed E-state index contributed by atoms with van der Waals surface area (Å²) in [5.74, 6) is -0.745. The Morgan fingerprint density at radius 3 is 2.00 bits per heavy atom. The molecule has 0 rings (SSSR count). The van der Waals surface area contributed by atoms with Crippen LogP contribution in [0.5, 0.6) is 0 Å². The molecule has 0 heterocycles. The number of carboxylic acid groups (broad SMARTS) is 1. The summed E-state index contributed by atoms with van der Waals surface area (Å²) in [6.07, 6.45) is 0.222. The predicted octanol–water partition coefficient (Wildman–Crippen LogP) is -0.435. The molecule has 34 valence electrons. The van der Waals surface area contributed by atoms with Gasteiger partial charge in [-0.15, -0.1) is 0 Å². The molecule has 0 aromatic rings. The number of rotatable bonds is 1. The minimum atomic E-state index is -0.745. The molecular formula is C3H8BaO2. The van der Waals surface area contributed by atoms with Gasteiger partial charge in [-0.05, 0) is 0 Å². The van der Waals surface area contributed by atoms with E-state index in [9.17, 15) is 4.79 Å². The average molecular weight is 213 g/mol. The molecule has 0 fully saturated rings. The van der Waals surface area contributed by atoms with Crippen LogP contribution >= 0.6 is 0 Å². The van der Waals surface area contributed by atoms with E-state index in [4.69, 9.17) is 5.11 Å². The van der Waals surface area contributed by atoms with Crippen LogP contribution in [0.4, 0.5) is 0 Å². The van der Waals surface area contributed by atoms with E-state index in [1.165, 1.54) is 0 Å². The fourth-order valence-corrected chi connectivity index (χ4v) is 0. The standard InChI is InChI=1S/C3H6O2.Ba.2H/c1-2-3(4)5;;;/h2H2,1H3,(H,4,5);;;. The molecule has 0 saturated heterocycles. The number of carbonyl (C=O) groups is 1. The van der Waals surface area contributed by atoms with Gasteiger partial charge in [0.15, 0.2) is 0 Å². The third kappa shape index (κ3) is 8.90. The van der Waals surface area contributed by atoms with Gasteiger partial charge in [0, 0.05) is 6.42 Å². The van der Waals surface area contributed by atoms with Crippen molar-refractivity contribution < 1.29 is 9.90 Å². The van der Waals surface area contributed by atoms with Crippen LogP contribution in [0.2, 0.25) is 0 Å². The van der Waals surface area contributed by atoms with Gasteiger partial charge in [-0.1, -0.05) is 6.92 Å². The summed E-state index contributed by atoms with van der Waals surface area (Å²) in [5, 5.41) is 7.72. The molecule has 0 radical (unpaired) electrons. The molecular weight excluding hydrogens is 205 g/mol. The van der Waals surface area contributed by atoms with Gasteiger partial charge in [0.25, 0.3) is 0 Å². The summed E-state index contributed by atoms with van der Waals surface area (Å²) < 4.78 is 0. The van der Waals surface area contributed by atoms with Gasteiger partial charge in [0.2, 0.25) is 0 Å². The monoisotopic (exact) mass is 214 g/mol. The van der Waals surface area contributed by atoms with Crippen molar-refractivity contribution in [3.8, 4) is 0 Å². The van der Waals surface area contributed by atoms with Gasteiger partial charge in [0.05, 0.1) is 0 Å². The predicted molar refractivity (Wildman–Crippen MR) is 26.5 cm³/mol. The van der Waals surface area contributed by atoms with E-state index >= 15 is 0 Å². The second-order valence-electron chi connectivity index (χ2n) is 0.747. The first-order valence-electron chi connectivity index (χ1n) is 1.49. The molecule has 0 aromatic carbocycles. The summed E-state index contributed by atoms with van der Waals surface area (Å²) in [5.41, 5.74) is 0. The summed E-state index contributed by atoms with van der Waals surface area (Å²) in [6.45, 7) is 1.60. The minimum absolute atomic E-state index is 0. The fourth-order valence-electron chi connectivity index (χ4n) is 0. The quantitative estimate of drug-likeness (QED) is 0.600. The molecule has 0 saturated carbocycles. The molecule has 0 bridgehead atoms. The third-order valence-corrected chi connectivity index (χ3v) is 0.302. The van der Waals surface area contributed by atoms with E-state index in [-0.39, 0.29) is 55.3 Å². The zero-order valence-electron chi connectivity index (χ0n) is 3.06. The Kier molecular flexibility index (Phi) is 10.2. The van der Waals surface area contributed by atoms with E-state index in [1.807, 2.05) is 0 Å². The van der Waals surface area contributed by atoms with Crippen LogP contribution in [0.15, 0.2) is 0 Å². The molecule has 0 aliphatic rings. The molecule has 0 aliphatic heterocycles. The van der Waals surface area contributed by atoms with Crippen LogP contribution in [-0.2, 0) is 4.79 Å². The van der Waals surface area contributed by atoms with Crippen LogP contribution in [0.3, 0.4) is 0 Å². The molecule has 0 atom stereocenters. The number of aliphatic carboxylic acids is 1. The van der Waals surface area contributed by atoms with E-state index in [0.717, 1.165) is 0 Å². The normalized spacial score (nSPS) is 6.17. The molecule has 0 unspecified atom stereocenters. The number of hydrogen-bond acceptors (Lipinski definition) is 1. The van der Waals surface area contributed by atoms with Gasteiger partial charge >= 0.3 is 54.9 Å². The fraction of sp³-hybridized carbons (Fsp3) is 0.667.